The molecule has 0 radical (unpaired) electrons. The Hall–Kier alpha value is -3.79. The fraction of sp³-hybridized carbons (Fsp3) is 0.240. The van der Waals surface area contributed by atoms with Gasteiger partial charge in [0.15, 0.2) is 17.3 Å². The maximum Gasteiger partial charge on any atom is 0.302 e. The molecule has 182 valence electrons. The zero-order chi connectivity index (χ0) is 24.9. The highest BCUT2D eigenvalue weighted by Gasteiger charge is 2.33. The van der Waals surface area contributed by atoms with Crippen molar-refractivity contribution < 1.29 is 23.5 Å². The molecule has 35 heavy (non-hydrogen) atoms. The van der Waals surface area contributed by atoms with E-state index in [0.29, 0.717) is 29.1 Å². The number of carbonyl (C=O) groups is 2. The largest absolute Gasteiger partial charge is 0.492 e. The summed E-state index contributed by atoms with van der Waals surface area (Å²) in [4.78, 5) is 27.9. The molecule has 0 saturated heterocycles. The number of thioether (sulfide) groups is 1. The first-order chi connectivity index (χ1) is 16.9. The van der Waals surface area contributed by atoms with Crippen molar-refractivity contribution in [3.8, 4) is 11.5 Å². The van der Waals surface area contributed by atoms with Gasteiger partial charge in [-0.05, 0) is 48.4 Å². The Morgan fingerprint density at radius 3 is 2.51 bits per heavy atom. The number of aromatic nitrogens is 1. The monoisotopic (exact) mass is 496 g/mol. The van der Waals surface area contributed by atoms with E-state index in [2.05, 4.69) is 15.4 Å². The average Bonchev–Trinajstić information content (AvgIpc) is 3.41. The van der Waals surface area contributed by atoms with Crippen molar-refractivity contribution >= 4 is 34.3 Å². The van der Waals surface area contributed by atoms with Gasteiger partial charge in [0, 0.05) is 17.4 Å². The first-order valence-corrected chi connectivity index (χ1v) is 11.8. The Balaban J connectivity index is 1.58. The average molecular weight is 497 g/mol. The number of halogens is 1. The number of benzene rings is 2. The number of H-pyrrole nitrogens is 1. The molecule has 8 nitrogen and oxygen atoms in total. The lowest BCUT2D eigenvalue weighted by Crippen LogP contribution is -2.35. The molecule has 1 unspecified atom stereocenters. The van der Waals surface area contributed by atoms with E-state index in [1.807, 2.05) is 19.1 Å². The number of nitrogens with zero attached hydrogens (tertiary/aromatic N) is 2. The highest BCUT2D eigenvalue weighted by Crippen LogP contribution is 2.38. The third-order valence-electron chi connectivity index (χ3n) is 5.49. The molecule has 0 fully saturated rings. The molecule has 1 atom stereocenters. The van der Waals surface area contributed by atoms with Crippen LogP contribution in [0.4, 0.5) is 14.9 Å². The van der Waals surface area contributed by atoms with E-state index in [-0.39, 0.29) is 34.4 Å². The van der Waals surface area contributed by atoms with Crippen LogP contribution in [0.3, 0.4) is 0 Å². The van der Waals surface area contributed by atoms with Gasteiger partial charge in [-0.2, -0.15) is 5.10 Å². The van der Waals surface area contributed by atoms with Gasteiger partial charge in [0.2, 0.25) is 0 Å². The summed E-state index contributed by atoms with van der Waals surface area (Å²) in [5.74, 6) is -0.551. The second kappa shape index (κ2) is 10.6. The van der Waals surface area contributed by atoms with Crippen LogP contribution in [0.2, 0.25) is 0 Å². The third-order valence-corrected chi connectivity index (χ3v) is 6.75. The van der Waals surface area contributed by atoms with Crippen LogP contribution in [0.25, 0.3) is 0 Å². The van der Waals surface area contributed by atoms with Gasteiger partial charge in [-0.1, -0.05) is 30.8 Å². The fourth-order valence-corrected chi connectivity index (χ4v) is 4.67. The predicted octanol–water partition coefficient (Wildman–Crippen LogP) is 5.28. The number of hydrogen-bond donors (Lipinski definition) is 2. The van der Waals surface area contributed by atoms with Gasteiger partial charge in [-0.25, -0.2) is 9.40 Å². The van der Waals surface area contributed by atoms with Gasteiger partial charge in [0.25, 0.3) is 5.91 Å². The van der Waals surface area contributed by atoms with E-state index < -0.39 is 5.82 Å². The normalized spacial score (nSPS) is 15.5. The summed E-state index contributed by atoms with van der Waals surface area (Å²) in [6, 6.07) is 13.5. The van der Waals surface area contributed by atoms with Crippen LogP contribution in [0, 0.1) is 5.82 Å². The van der Waals surface area contributed by atoms with Crippen LogP contribution in [0.15, 0.2) is 59.8 Å². The Kier molecular flexibility index (Phi) is 7.40. The summed E-state index contributed by atoms with van der Waals surface area (Å²) >= 11 is 1.17. The van der Waals surface area contributed by atoms with Crippen molar-refractivity contribution in [2.45, 2.75) is 25.1 Å². The van der Waals surface area contributed by atoms with Crippen molar-refractivity contribution in [1.82, 2.24) is 9.99 Å². The molecule has 0 aliphatic carbocycles. The quantitative estimate of drug-likeness (QED) is 0.443. The first kappa shape index (κ1) is 24.3. The van der Waals surface area contributed by atoms with E-state index >= 15 is 0 Å². The molecule has 2 heterocycles. The molecule has 1 aliphatic rings. The second-order valence-corrected chi connectivity index (χ2v) is 8.87. The maximum atomic E-state index is 14.2. The maximum absolute atomic E-state index is 14.2. The van der Waals surface area contributed by atoms with Gasteiger partial charge in [-0.15, -0.1) is 0 Å². The van der Waals surface area contributed by atoms with Crippen molar-refractivity contribution in [3.63, 3.8) is 0 Å². The molecule has 0 bridgehead atoms. The van der Waals surface area contributed by atoms with E-state index in [1.54, 1.807) is 36.5 Å². The minimum absolute atomic E-state index is 0.00649. The molecule has 2 N–H and O–H groups in total. The Morgan fingerprint density at radius 1 is 1.14 bits per heavy atom. The topological polar surface area (TPSA) is 96.0 Å². The van der Waals surface area contributed by atoms with Crippen LogP contribution < -0.4 is 14.8 Å². The number of carbonyl (C=O) groups excluding carboxylic acids is 2. The SMILES string of the molecule is CCC1SC(=O)N(Cc2ccc(NC(=O)c3ccc[nH]3)cc2)N=C1c1ccc(F)c(OC)c1OC. The summed E-state index contributed by atoms with van der Waals surface area (Å²) in [5, 5.41) is 8.45. The van der Waals surface area contributed by atoms with Gasteiger partial charge >= 0.3 is 5.24 Å². The molecule has 3 aromatic rings. The van der Waals surface area contributed by atoms with Crippen molar-refractivity contribution in [3.05, 3.63) is 77.4 Å². The lowest BCUT2D eigenvalue weighted by Gasteiger charge is -2.29. The molecule has 1 aliphatic heterocycles. The van der Waals surface area contributed by atoms with Crippen molar-refractivity contribution in [2.75, 3.05) is 19.5 Å². The minimum Gasteiger partial charge on any atom is -0.492 e. The number of nitrogens with one attached hydrogen (secondary N) is 2. The number of methoxy groups -OCH3 is 2. The van der Waals surface area contributed by atoms with Crippen molar-refractivity contribution in [2.24, 2.45) is 5.10 Å². The van der Waals surface area contributed by atoms with Gasteiger partial charge in [0.05, 0.1) is 31.7 Å². The molecule has 10 heteroatoms. The standard InChI is InChI=1S/C25H25FN4O4S/c1-4-20-21(17-11-12-18(26)23(34-3)22(17)33-2)29-30(25(32)35-20)14-15-7-9-16(10-8-15)28-24(31)19-6-5-13-27-19/h5-13,20,27H,4,14H2,1-3H3,(H,28,31). The molecule has 0 saturated carbocycles. The number of rotatable bonds is 8. The van der Waals surface area contributed by atoms with Gasteiger partial charge in [-0.3, -0.25) is 9.59 Å². The number of hydrogen-bond acceptors (Lipinski definition) is 6. The zero-order valence-corrected chi connectivity index (χ0v) is 20.3. The Morgan fingerprint density at radius 2 is 1.89 bits per heavy atom. The Bertz CT molecular complexity index is 1250. The van der Waals surface area contributed by atoms with Crippen LogP contribution in [0.5, 0.6) is 11.5 Å². The van der Waals surface area contributed by atoms with Gasteiger partial charge in [0.1, 0.15) is 5.69 Å². The van der Waals surface area contributed by atoms with E-state index in [0.717, 1.165) is 5.56 Å². The van der Waals surface area contributed by atoms with Crippen LogP contribution in [-0.4, -0.2) is 46.3 Å². The molecular weight excluding hydrogens is 471 g/mol. The molecule has 2 amide bonds. The number of ether oxygens (including phenoxy) is 2. The fourth-order valence-electron chi connectivity index (χ4n) is 3.75. The number of aromatic amines is 1. The predicted molar refractivity (Wildman–Crippen MR) is 134 cm³/mol. The molecule has 4 rings (SSSR count). The number of hydrazone groups is 1. The summed E-state index contributed by atoms with van der Waals surface area (Å²) in [5.41, 5.74) is 3.11. The zero-order valence-electron chi connectivity index (χ0n) is 19.5. The van der Waals surface area contributed by atoms with Crippen LogP contribution in [0.1, 0.15) is 35.0 Å². The van der Waals surface area contributed by atoms with Crippen molar-refractivity contribution in [1.29, 1.82) is 0 Å². The third kappa shape index (κ3) is 5.17. The second-order valence-electron chi connectivity index (χ2n) is 7.72. The van der Waals surface area contributed by atoms with E-state index in [9.17, 15) is 14.0 Å². The van der Waals surface area contributed by atoms with E-state index in [4.69, 9.17) is 9.47 Å². The molecular formula is C25H25FN4O4S. The summed E-state index contributed by atoms with van der Waals surface area (Å²) in [6.07, 6.45) is 2.34. The molecule has 2 aromatic carbocycles. The highest BCUT2D eigenvalue weighted by molar-refractivity contribution is 8.14. The molecule has 1 aromatic heterocycles. The lowest BCUT2D eigenvalue weighted by molar-refractivity contribution is 0.102. The highest BCUT2D eigenvalue weighted by atomic mass is 32.2. The number of anilines is 1. The minimum atomic E-state index is -0.540. The summed E-state index contributed by atoms with van der Waals surface area (Å²) in [7, 11) is 2.82. The number of amides is 2. The van der Waals surface area contributed by atoms with Crippen LogP contribution >= 0.6 is 11.8 Å². The smallest absolute Gasteiger partial charge is 0.302 e. The van der Waals surface area contributed by atoms with E-state index in [1.165, 1.54) is 37.1 Å². The Labute approximate surface area is 206 Å². The summed E-state index contributed by atoms with van der Waals surface area (Å²) < 4.78 is 24.9. The first-order valence-electron chi connectivity index (χ1n) is 11.0. The summed E-state index contributed by atoms with van der Waals surface area (Å²) in [6.45, 7) is 2.20. The van der Waals surface area contributed by atoms with Crippen LogP contribution in [-0.2, 0) is 6.54 Å². The molecule has 0 spiro atoms. The lowest BCUT2D eigenvalue weighted by atomic mass is 10.0. The van der Waals surface area contributed by atoms with Gasteiger partial charge < -0.3 is 19.8 Å².